The van der Waals surface area contributed by atoms with Crippen molar-refractivity contribution in [3.8, 4) is 0 Å². The topological polar surface area (TPSA) is 20.2 Å². The van der Waals surface area contributed by atoms with Crippen molar-refractivity contribution < 1.29 is 5.11 Å². The van der Waals surface area contributed by atoms with Crippen LogP contribution in [0.15, 0.2) is 36.0 Å². The first kappa shape index (κ1) is 13.2. The van der Waals surface area contributed by atoms with E-state index in [-0.39, 0.29) is 6.10 Å². The fourth-order valence-corrected chi connectivity index (χ4v) is 2.27. The van der Waals surface area contributed by atoms with Gasteiger partial charge in [0.1, 0.15) is 0 Å². The zero-order valence-electron chi connectivity index (χ0n) is 10.7. The number of rotatable bonds is 4. The van der Waals surface area contributed by atoms with E-state index in [1.807, 2.05) is 19.9 Å². The van der Waals surface area contributed by atoms with Gasteiger partial charge in [0, 0.05) is 0 Å². The van der Waals surface area contributed by atoms with E-state index in [0.717, 1.165) is 12.8 Å². The molecule has 1 aliphatic carbocycles. The molecule has 0 aromatic rings. The summed E-state index contributed by atoms with van der Waals surface area (Å²) < 4.78 is 0. The molecule has 16 heavy (non-hydrogen) atoms. The summed E-state index contributed by atoms with van der Waals surface area (Å²) in [5.74, 6) is 1.14. The van der Waals surface area contributed by atoms with E-state index in [1.54, 1.807) is 0 Å². The van der Waals surface area contributed by atoms with Crippen LogP contribution in [0, 0.1) is 11.8 Å². The van der Waals surface area contributed by atoms with E-state index in [4.69, 9.17) is 0 Å². The molecule has 0 saturated carbocycles. The van der Waals surface area contributed by atoms with Crippen molar-refractivity contribution >= 4 is 0 Å². The van der Waals surface area contributed by atoms with Crippen molar-refractivity contribution in [2.75, 3.05) is 0 Å². The van der Waals surface area contributed by atoms with Crippen LogP contribution in [0.1, 0.15) is 40.0 Å². The van der Waals surface area contributed by atoms with Crippen LogP contribution in [-0.2, 0) is 0 Å². The quantitative estimate of drug-likeness (QED) is 0.713. The summed E-state index contributed by atoms with van der Waals surface area (Å²) in [4.78, 5) is 0. The van der Waals surface area contributed by atoms with Gasteiger partial charge in [-0.1, -0.05) is 42.9 Å². The first-order valence-corrected chi connectivity index (χ1v) is 6.18. The molecular weight excluding hydrogens is 196 g/mol. The minimum atomic E-state index is -0.293. The molecule has 0 spiro atoms. The Morgan fingerprint density at radius 3 is 2.81 bits per heavy atom. The van der Waals surface area contributed by atoms with Gasteiger partial charge in [-0.3, -0.25) is 0 Å². The minimum Gasteiger partial charge on any atom is -0.389 e. The number of aliphatic hydroxyl groups excluding tert-OH is 1. The molecular formula is C15H24O. The lowest BCUT2D eigenvalue weighted by atomic mass is 9.81. The first-order chi connectivity index (χ1) is 7.49. The third kappa shape index (κ3) is 4.36. The van der Waals surface area contributed by atoms with Crippen LogP contribution < -0.4 is 0 Å². The predicted octanol–water partition coefficient (Wildman–Crippen LogP) is 3.86. The highest BCUT2D eigenvalue weighted by Gasteiger charge is 2.19. The summed E-state index contributed by atoms with van der Waals surface area (Å²) in [6, 6.07) is 0. The molecule has 3 atom stereocenters. The fraction of sp³-hybridized carbons (Fsp3) is 0.600. The normalized spacial score (nSPS) is 24.0. The van der Waals surface area contributed by atoms with Gasteiger partial charge in [0.2, 0.25) is 0 Å². The molecule has 0 heterocycles. The Labute approximate surface area is 99.6 Å². The molecule has 1 nitrogen and oxygen atoms in total. The number of allylic oxidation sites excluding steroid dienone is 4. The Morgan fingerprint density at radius 1 is 1.62 bits per heavy atom. The zero-order valence-corrected chi connectivity index (χ0v) is 10.7. The molecule has 0 amide bonds. The molecule has 0 aromatic carbocycles. The molecule has 1 aliphatic rings. The maximum Gasteiger partial charge on any atom is 0.0726 e. The second kappa shape index (κ2) is 6.05. The highest BCUT2D eigenvalue weighted by Crippen LogP contribution is 2.29. The van der Waals surface area contributed by atoms with Crippen molar-refractivity contribution in [1.29, 1.82) is 0 Å². The average molecular weight is 220 g/mol. The minimum absolute atomic E-state index is 0.293. The maximum absolute atomic E-state index is 9.85. The monoisotopic (exact) mass is 220 g/mol. The Hall–Kier alpha value is -0.820. The highest BCUT2D eigenvalue weighted by molar-refractivity contribution is 5.19. The van der Waals surface area contributed by atoms with E-state index in [0.29, 0.717) is 11.8 Å². The smallest absolute Gasteiger partial charge is 0.0726 e. The van der Waals surface area contributed by atoms with Crippen LogP contribution in [0.3, 0.4) is 0 Å². The molecule has 0 saturated heterocycles. The summed E-state index contributed by atoms with van der Waals surface area (Å²) in [6.07, 6.45) is 9.18. The van der Waals surface area contributed by atoms with Gasteiger partial charge >= 0.3 is 0 Å². The Kier molecular flexibility index (Phi) is 5.01. The molecule has 1 unspecified atom stereocenters. The second-order valence-corrected chi connectivity index (χ2v) is 5.24. The summed E-state index contributed by atoms with van der Waals surface area (Å²) >= 11 is 0. The standard InChI is InChI=1S/C15H24O/c1-11(2)9-15(16)10-13(4)14-7-5-12(3)6-8-14/h5,7,9,13-16H,3,6,8,10H2,1-2,4H3/t13-,14-,15?/m0/s1. The van der Waals surface area contributed by atoms with Crippen LogP contribution in [0.25, 0.3) is 0 Å². The summed E-state index contributed by atoms with van der Waals surface area (Å²) in [5.41, 5.74) is 2.42. The van der Waals surface area contributed by atoms with Crippen LogP contribution in [0.2, 0.25) is 0 Å². The fourth-order valence-electron chi connectivity index (χ4n) is 2.27. The number of hydrogen-bond acceptors (Lipinski definition) is 1. The van der Waals surface area contributed by atoms with Gasteiger partial charge < -0.3 is 5.11 Å². The zero-order chi connectivity index (χ0) is 12.1. The second-order valence-electron chi connectivity index (χ2n) is 5.24. The highest BCUT2D eigenvalue weighted by atomic mass is 16.3. The van der Waals surface area contributed by atoms with Gasteiger partial charge in [0.05, 0.1) is 6.10 Å². The predicted molar refractivity (Wildman–Crippen MR) is 70.2 cm³/mol. The van der Waals surface area contributed by atoms with Gasteiger partial charge in [0.15, 0.2) is 0 Å². The van der Waals surface area contributed by atoms with Gasteiger partial charge in [-0.2, -0.15) is 0 Å². The van der Waals surface area contributed by atoms with Gasteiger partial charge in [-0.05, 0) is 44.9 Å². The molecule has 0 radical (unpaired) electrons. The van der Waals surface area contributed by atoms with Gasteiger partial charge in [0.25, 0.3) is 0 Å². The van der Waals surface area contributed by atoms with Crippen molar-refractivity contribution in [3.63, 3.8) is 0 Å². The Balaban J connectivity index is 2.46. The molecule has 0 aliphatic heterocycles. The van der Waals surface area contributed by atoms with Gasteiger partial charge in [-0.25, -0.2) is 0 Å². The lowest BCUT2D eigenvalue weighted by molar-refractivity contribution is 0.174. The third-order valence-corrected chi connectivity index (χ3v) is 3.25. The molecule has 1 N–H and O–H groups in total. The largest absolute Gasteiger partial charge is 0.389 e. The lowest BCUT2D eigenvalue weighted by Crippen LogP contribution is -2.18. The van der Waals surface area contributed by atoms with Crippen LogP contribution in [0.5, 0.6) is 0 Å². The Morgan fingerprint density at radius 2 is 2.31 bits per heavy atom. The van der Waals surface area contributed by atoms with E-state index in [2.05, 4.69) is 25.7 Å². The molecule has 0 aromatic heterocycles. The van der Waals surface area contributed by atoms with E-state index < -0.39 is 0 Å². The first-order valence-electron chi connectivity index (χ1n) is 6.18. The molecule has 90 valence electrons. The third-order valence-electron chi connectivity index (χ3n) is 3.25. The molecule has 0 fully saturated rings. The Bertz CT molecular complexity index is 295. The lowest BCUT2D eigenvalue weighted by Gasteiger charge is -2.25. The molecule has 0 bridgehead atoms. The van der Waals surface area contributed by atoms with Crippen LogP contribution >= 0.6 is 0 Å². The number of hydrogen-bond donors (Lipinski definition) is 1. The van der Waals surface area contributed by atoms with E-state index in [9.17, 15) is 5.11 Å². The summed E-state index contributed by atoms with van der Waals surface area (Å²) in [6.45, 7) is 10.2. The van der Waals surface area contributed by atoms with E-state index in [1.165, 1.54) is 17.6 Å². The van der Waals surface area contributed by atoms with Crippen molar-refractivity contribution in [3.05, 3.63) is 36.0 Å². The summed E-state index contributed by atoms with van der Waals surface area (Å²) in [5, 5.41) is 9.85. The SMILES string of the molecule is C=C1C=C[C@H]([C@@H](C)CC(O)C=C(C)C)CC1. The average Bonchev–Trinajstić information content (AvgIpc) is 2.16. The number of aliphatic hydroxyl groups is 1. The van der Waals surface area contributed by atoms with Crippen molar-refractivity contribution in [2.24, 2.45) is 11.8 Å². The molecule has 1 heteroatoms. The van der Waals surface area contributed by atoms with Gasteiger partial charge in [-0.15, -0.1) is 0 Å². The summed E-state index contributed by atoms with van der Waals surface area (Å²) in [7, 11) is 0. The van der Waals surface area contributed by atoms with Crippen molar-refractivity contribution in [1.82, 2.24) is 0 Å². The van der Waals surface area contributed by atoms with Crippen molar-refractivity contribution in [2.45, 2.75) is 46.1 Å². The van der Waals surface area contributed by atoms with Crippen LogP contribution in [0.4, 0.5) is 0 Å². The van der Waals surface area contributed by atoms with Crippen LogP contribution in [-0.4, -0.2) is 11.2 Å². The maximum atomic E-state index is 9.85. The van der Waals surface area contributed by atoms with E-state index >= 15 is 0 Å². The molecule has 1 rings (SSSR count).